The Labute approximate surface area is 106 Å². The molecule has 0 saturated carbocycles. The van der Waals surface area contributed by atoms with Gasteiger partial charge in [0.05, 0.1) is 11.6 Å². The number of nitriles is 1. The highest BCUT2D eigenvalue weighted by molar-refractivity contribution is 7.12. The molecule has 0 fully saturated rings. The molecule has 0 aliphatic carbocycles. The van der Waals surface area contributed by atoms with E-state index in [4.69, 9.17) is 0 Å². The number of hydrogen-bond donors (Lipinski definition) is 0. The highest BCUT2D eigenvalue weighted by Crippen LogP contribution is 2.22. The summed E-state index contributed by atoms with van der Waals surface area (Å²) in [4.78, 5) is 2.39. The predicted octanol–water partition coefficient (Wildman–Crippen LogP) is 4.43. The molecule has 2 rings (SSSR count). The second kappa shape index (κ2) is 4.99. The summed E-state index contributed by atoms with van der Waals surface area (Å²) in [7, 11) is 0. The number of nitrogens with zero attached hydrogens (tertiary/aromatic N) is 1. The fourth-order valence-electron chi connectivity index (χ4n) is 1.59. The first-order valence-electron chi connectivity index (χ1n) is 5.44. The lowest BCUT2D eigenvalue weighted by Crippen LogP contribution is -1.81. The molecule has 0 radical (unpaired) electrons. The highest BCUT2D eigenvalue weighted by Gasteiger charge is 2.01. The van der Waals surface area contributed by atoms with E-state index in [-0.39, 0.29) is 0 Å². The number of hydrogen-bond acceptors (Lipinski definition) is 2. The lowest BCUT2D eigenvalue weighted by molar-refractivity contribution is 1.45. The monoisotopic (exact) mass is 239 g/mol. The Morgan fingerprint density at radius 3 is 2.35 bits per heavy atom. The van der Waals surface area contributed by atoms with Gasteiger partial charge in [0.15, 0.2) is 0 Å². The van der Waals surface area contributed by atoms with Crippen molar-refractivity contribution >= 4 is 23.0 Å². The second-order valence-electron chi connectivity index (χ2n) is 3.98. The molecule has 0 unspecified atom stereocenters. The van der Waals surface area contributed by atoms with Gasteiger partial charge in [-0.2, -0.15) is 5.26 Å². The molecule has 1 aromatic carbocycles. The van der Waals surface area contributed by atoms with Crippen LogP contribution < -0.4 is 0 Å². The first-order valence-corrected chi connectivity index (χ1v) is 6.26. The summed E-state index contributed by atoms with van der Waals surface area (Å²) >= 11 is 1.70. The average molecular weight is 239 g/mol. The van der Waals surface area contributed by atoms with Crippen LogP contribution in [0.3, 0.4) is 0 Å². The molecule has 84 valence electrons. The molecule has 0 N–H and O–H groups in total. The molecule has 1 heterocycles. The van der Waals surface area contributed by atoms with Gasteiger partial charge >= 0.3 is 0 Å². The predicted molar refractivity (Wildman–Crippen MR) is 73.7 cm³/mol. The van der Waals surface area contributed by atoms with Gasteiger partial charge in [-0.1, -0.05) is 29.8 Å². The van der Waals surface area contributed by atoms with Gasteiger partial charge in [-0.3, -0.25) is 0 Å². The van der Waals surface area contributed by atoms with Crippen LogP contribution in [-0.2, 0) is 0 Å². The minimum absolute atomic E-state index is 0.715. The Bertz CT molecular complexity index is 582. The van der Waals surface area contributed by atoms with E-state index >= 15 is 0 Å². The third kappa shape index (κ3) is 2.83. The topological polar surface area (TPSA) is 23.8 Å². The van der Waals surface area contributed by atoms with Crippen molar-refractivity contribution in [3.8, 4) is 6.07 Å². The zero-order valence-electron chi connectivity index (χ0n) is 9.90. The molecule has 0 aliphatic heterocycles. The first-order chi connectivity index (χ1) is 8.19. The summed E-state index contributed by atoms with van der Waals surface area (Å²) in [6, 6.07) is 14.4. The Morgan fingerprint density at radius 2 is 1.82 bits per heavy atom. The number of benzene rings is 1. The number of allylic oxidation sites excluding steroid dienone is 1. The maximum absolute atomic E-state index is 9.20. The third-order valence-electron chi connectivity index (χ3n) is 2.53. The summed E-state index contributed by atoms with van der Waals surface area (Å²) in [6.45, 7) is 4.11. The van der Waals surface area contributed by atoms with Gasteiger partial charge in [0.1, 0.15) is 0 Å². The van der Waals surface area contributed by atoms with Crippen LogP contribution in [0.2, 0.25) is 0 Å². The van der Waals surface area contributed by atoms with Crippen molar-refractivity contribution in [3.63, 3.8) is 0 Å². The molecule has 0 bridgehead atoms. The normalized spacial score (nSPS) is 11.2. The quantitative estimate of drug-likeness (QED) is 0.711. The van der Waals surface area contributed by atoms with Gasteiger partial charge in [-0.15, -0.1) is 11.3 Å². The standard InChI is InChI=1S/C15H13NS/c1-11-3-6-13(7-4-11)14(10-16)9-15-8-5-12(2)17-15/h3-9H,1-2H3. The lowest BCUT2D eigenvalue weighted by atomic mass is 10.0. The van der Waals surface area contributed by atoms with Crippen LogP contribution in [0, 0.1) is 25.2 Å². The van der Waals surface area contributed by atoms with Gasteiger partial charge in [0, 0.05) is 9.75 Å². The van der Waals surface area contributed by atoms with Crippen molar-refractivity contribution in [2.24, 2.45) is 0 Å². The maximum Gasteiger partial charge on any atom is 0.0998 e. The van der Waals surface area contributed by atoms with Crippen LogP contribution >= 0.6 is 11.3 Å². The zero-order valence-corrected chi connectivity index (χ0v) is 10.7. The summed E-state index contributed by atoms with van der Waals surface area (Å²) in [5.41, 5.74) is 2.90. The van der Waals surface area contributed by atoms with Crippen LogP contribution in [-0.4, -0.2) is 0 Å². The Kier molecular flexibility index (Phi) is 3.41. The average Bonchev–Trinajstić information content (AvgIpc) is 2.73. The fourth-order valence-corrected chi connectivity index (χ4v) is 2.41. The summed E-state index contributed by atoms with van der Waals surface area (Å²) in [5.74, 6) is 0. The van der Waals surface area contributed by atoms with Crippen molar-refractivity contribution in [2.45, 2.75) is 13.8 Å². The number of thiophene rings is 1. The van der Waals surface area contributed by atoms with Crippen molar-refractivity contribution in [2.75, 3.05) is 0 Å². The molecular formula is C15H13NS. The molecular weight excluding hydrogens is 226 g/mol. The molecule has 17 heavy (non-hydrogen) atoms. The van der Waals surface area contributed by atoms with E-state index in [1.807, 2.05) is 43.3 Å². The molecule has 2 heteroatoms. The Hall–Kier alpha value is -1.85. The van der Waals surface area contributed by atoms with Crippen molar-refractivity contribution in [1.82, 2.24) is 0 Å². The van der Waals surface area contributed by atoms with Gasteiger partial charge < -0.3 is 0 Å². The van der Waals surface area contributed by atoms with E-state index in [1.54, 1.807) is 11.3 Å². The van der Waals surface area contributed by atoms with Gasteiger partial charge in [-0.05, 0) is 37.6 Å². The largest absolute Gasteiger partial charge is 0.192 e. The SMILES string of the molecule is Cc1ccc(C(C#N)=Cc2ccc(C)s2)cc1. The molecule has 1 nitrogen and oxygen atoms in total. The molecule has 0 atom stereocenters. The smallest absolute Gasteiger partial charge is 0.0998 e. The Morgan fingerprint density at radius 1 is 1.12 bits per heavy atom. The van der Waals surface area contributed by atoms with Crippen LogP contribution in [0.25, 0.3) is 11.6 Å². The lowest BCUT2D eigenvalue weighted by Gasteiger charge is -1.99. The zero-order chi connectivity index (χ0) is 12.3. The van der Waals surface area contributed by atoms with E-state index in [0.717, 1.165) is 10.4 Å². The molecule has 0 saturated heterocycles. The van der Waals surface area contributed by atoms with E-state index in [2.05, 4.69) is 19.1 Å². The number of aryl methyl sites for hydroxylation is 2. The highest BCUT2D eigenvalue weighted by atomic mass is 32.1. The minimum atomic E-state index is 0.715. The summed E-state index contributed by atoms with van der Waals surface area (Å²) in [5, 5.41) is 9.20. The van der Waals surface area contributed by atoms with Gasteiger partial charge in [0.2, 0.25) is 0 Å². The third-order valence-corrected chi connectivity index (χ3v) is 3.48. The molecule has 0 amide bonds. The van der Waals surface area contributed by atoms with E-state index in [9.17, 15) is 5.26 Å². The van der Waals surface area contributed by atoms with Gasteiger partial charge in [-0.25, -0.2) is 0 Å². The van der Waals surface area contributed by atoms with Crippen molar-refractivity contribution in [1.29, 1.82) is 5.26 Å². The molecule has 1 aromatic heterocycles. The fraction of sp³-hybridized carbons (Fsp3) is 0.133. The maximum atomic E-state index is 9.20. The summed E-state index contributed by atoms with van der Waals surface area (Å²) < 4.78 is 0. The summed E-state index contributed by atoms with van der Waals surface area (Å²) in [6.07, 6.45) is 1.95. The van der Waals surface area contributed by atoms with Crippen molar-refractivity contribution < 1.29 is 0 Å². The van der Waals surface area contributed by atoms with Crippen LogP contribution in [0.15, 0.2) is 36.4 Å². The number of rotatable bonds is 2. The van der Waals surface area contributed by atoms with Crippen molar-refractivity contribution in [3.05, 3.63) is 57.3 Å². The van der Waals surface area contributed by atoms with Crippen LogP contribution in [0.4, 0.5) is 0 Å². The van der Waals surface area contributed by atoms with Crippen LogP contribution in [0.5, 0.6) is 0 Å². The molecule has 0 aliphatic rings. The first kappa shape index (κ1) is 11.6. The minimum Gasteiger partial charge on any atom is -0.192 e. The van der Waals surface area contributed by atoms with Crippen LogP contribution in [0.1, 0.15) is 20.9 Å². The van der Waals surface area contributed by atoms with E-state index in [1.165, 1.54) is 10.4 Å². The molecule has 0 spiro atoms. The molecule has 2 aromatic rings. The van der Waals surface area contributed by atoms with Gasteiger partial charge in [0.25, 0.3) is 0 Å². The van der Waals surface area contributed by atoms with E-state index in [0.29, 0.717) is 5.57 Å². The Balaban J connectivity index is 2.37. The second-order valence-corrected chi connectivity index (χ2v) is 5.30. The van der Waals surface area contributed by atoms with E-state index < -0.39 is 0 Å².